The normalized spacial score (nSPS) is 10.8. The van der Waals surface area contributed by atoms with Crippen molar-refractivity contribution in [2.24, 2.45) is 0 Å². The Morgan fingerprint density at radius 2 is 2.17 bits per heavy atom. The molecule has 1 heterocycles. The summed E-state index contributed by atoms with van der Waals surface area (Å²) in [4.78, 5) is 3.17. The fraction of sp³-hybridized carbons (Fsp3) is 0.182. The van der Waals surface area contributed by atoms with E-state index in [4.69, 9.17) is 0 Å². The molecule has 2 aromatic rings. The SMILES string of the molecule is [CH2]CCc1ccc2[nH]ccc2c1. The number of hydrogen-bond donors (Lipinski definition) is 1. The number of nitrogens with one attached hydrogen (secondary N) is 1. The minimum Gasteiger partial charge on any atom is -0.361 e. The molecule has 0 aliphatic carbocycles. The molecule has 0 saturated carbocycles. The van der Waals surface area contributed by atoms with Gasteiger partial charge in [-0.25, -0.2) is 0 Å². The summed E-state index contributed by atoms with van der Waals surface area (Å²) in [6.45, 7) is 3.84. The zero-order valence-electron chi connectivity index (χ0n) is 7.01. The van der Waals surface area contributed by atoms with Gasteiger partial charge in [-0.15, -0.1) is 0 Å². The molecular formula is C11H12N. The summed E-state index contributed by atoms with van der Waals surface area (Å²) in [5.41, 5.74) is 2.58. The average Bonchev–Trinajstić information content (AvgIpc) is 2.51. The Morgan fingerprint density at radius 3 is 3.00 bits per heavy atom. The van der Waals surface area contributed by atoms with Gasteiger partial charge in [-0.05, 0) is 42.0 Å². The Balaban J connectivity index is 2.46. The number of rotatable bonds is 2. The van der Waals surface area contributed by atoms with Crippen LogP contribution in [0.2, 0.25) is 0 Å². The summed E-state index contributed by atoms with van der Waals surface area (Å²) >= 11 is 0. The molecule has 0 unspecified atom stereocenters. The maximum Gasteiger partial charge on any atom is 0.0454 e. The second kappa shape index (κ2) is 3.02. The monoisotopic (exact) mass is 158 g/mol. The lowest BCUT2D eigenvalue weighted by atomic mass is 10.1. The van der Waals surface area contributed by atoms with Crippen LogP contribution in [0.25, 0.3) is 10.9 Å². The van der Waals surface area contributed by atoms with Gasteiger partial charge >= 0.3 is 0 Å². The van der Waals surface area contributed by atoms with E-state index in [0.717, 1.165) is 12.8 Å². The number of aromatic amines is 1. The summed E-state index contributed by atoms with van der Waals surface area (Å²) < 4.78 is 0. The van der Waals surface area contributed by atoms with Crippen LogP contribution in [0.4, 0.5) is 0 Å². The van der Waals surface area contributed by atoms with Crippen molar-refractivity contribution in [1.82, 2.24) is 4.98 Å². The van der Waals surface area contributed by atoms with E-state index in [0.29, 0.717) is 0 Å². The van der Waals surface area contributed by atoms with Crippen LogP contribution in [0.3, 0.4) is 0 Å². The molecule has 0 saturated heterocycles. The van der Waals surface area contributed by atoms with E-state index < -0.39 is 0 Å². The molecule has 0 bridgehead atoms. The van der Waals surface area contributed by atoms with Crippen LogP contribution in [-0.4, -0.2) is 4.98 Å². The molecule has 61 valence electrons. The minimum absolute atomic E-state index is 0.968. The molecule has 1 radical (unpaired) electrons. The van der Waals surface area contributed by atoms with Crippen molar-refractivity contribution in [3.8, 4) is 0 Å². The second-order valence-corrected chi connectivity index (χ2v) is 3.00. The van der Waals surface area contributed by atoms with Gasteiger partial charge in [0.05, 0.1) is 0 Å². The lowest BCUT2D eigenvalue weighted by Crippen LogP contribution is -1.81. The fourth-order valence-corrected chi connectivity index (χ4v) is 1.46. The Hall–Kier alpha value is -1.24. The van der Waals surface area contributed by atoms with Gasteiger partial charge in [-0.3, -0.25) is 0 Å². The van der Waals surface area contributed by atoms with Crippen molar-refractivity contribution in [1.29, 1.82) is 0 Å². The average molecular weight is 158 g/mol. The number of aryl methyl sites for hydroxylation is 1. The minimum atomic E-state index is 0.968. The molecule has 1 nitrogen and oxygen atoms in total. The summed E-state index contributed by atoms with van der Waals surface area (Å²) in [5, 5.41) is 1.29. The molecular weight excluding hydrogens is 146 g/mol. The van der Waals surface area contributed by atoms with Gasteiger partial charge in [-0.1, -0.05) is 13.0 Å². The van der Waals surface area contributed by atoms with E-state index in [1.807, 2.05) is 6.20 Å². The van der Waals surface area contributed by atoms with E-state index in [1.54, 1.807) is 0 Å². The largest absolute Gasteiger partial charge is 0.361 e. The molecule has 0 spiro atoms. The predicted molar refractivity (Wildman–Crippen MR) is 52.0 cm³/mol. The third kappa shape index (κ3) is 1.22. The summed E-state index contributed by atoms with van der Waals surface area (Å²) in [6.07, 6.45) is 4.01. The Labute approximate surface area is 72.4 Å². The van der Waals surface area contributed by atoms with E-state index in [1.165, 1.54) is 16.5 Å². The highest BCUT2D eigenvalue weighted by Gasteiger charge is 1.95. The molecule has 1 aromatic heterocycles. The van der Waals surface area contributed by atoms with Crippen molar-refractivity contribution in [2.75, 3.05) is 0 Å². The van der Waals surface area contributed by atoms with Gasteiger partial charge in [0.15, 0.2) is 0 Å². The highest BCUT2D eigenvalue weighted by atomic mass is 14.7. The van der Waals surface area contributed by atoms with Crippen LogP contribution in [0, 0.1) is 6.92 Å². The summed E-state index contributed by atoms with van der Waals surface area (Å²) in [6, 6.07) is 8.60. The quantitative estimate of drug-likeness (QED) is 0.691. The molecule has 0 fully saturated rings. The van der Waals surface area contributed by atoms with Crippen molar-refractivity contribution >= 4 is 10.9 Å². The maximum atomic E-state index is 3.84. The first-order valence-corrected chi connectivity index (χ1v) is 4.25. The molecule has 1 aromatic carbocycles. The number of H-pyrrole nitrogens is 1. The molecule has 0 amide bonds. The smallest absolute Gasteiger partial charge is 0.0454 e. The summed E-state index contributed by atoms with van der Waals surface area (Å²) in [5.74, 6) is 0. The van der Waals surface area contributed by atoms with Crippen LogP contribution in [-0.2, 0) is 6.42 Å². The van der Waals surface area contributed by atoms with Gasteiger partial charge < -0.3 is 4.98 Å². The highest BCUT2D eigenvalue weighted by molar-refractivity contribution is 5.79. The van der Waals surface area contributed by atoms with Crippen LogP contribution in [0.15, 0.2) is 30.5 Å². The van der Waals surface area contributed by atoms with Gasteiger partial charge in [0.2, 0.25) is 0 Å². The van der Waals surface area contributed by atoms with E-state index in [2.05, 4.69) is 36.2 Å². The third-order valence-electron chi connectivity index (χ3n) is 2.08. The lowest BCUT2D eigenvalue weighted by Gasteiger charge is -1.97. The van der Waals surface area contributed by atoms with Crippen molar-refractivity contribution < 1.29 is 0 Å². The Morgan fingerprint density at radius 1 is 1.25 bits per heavy atom. The lowest BCUT2D eigenvalue weighted by molar-refractivity contribution is 1.00. The first-order chi connectivity index (χ1) is 5.90. The molecule has 1 N–H and O–H groups in total. The predicted octanol–water partition coefficient (Wildman–Crippen LogP) is 2.93. The first kappa shape index (κ1) is 7.41. The fourth-order valence-electron chi connectivity index (χ4n) is 1.46. The number of fused-ring (bicyclic) bond motifs is 1. The van der Waals surface area contributed by atoms with Gasteiger partial charge in [0.1, 0.15) is 0 Å². The van der Waals surface area contributed by atoms with Crippen molar-refractivity contribution in [3.05, 3.63) is 42.9 Å². The number of hydrogen-bond acceptors (Lipinski definition) is 0. The van der Waals surface area contributed by atoms with Crippen LogP contribution in [0.5, 0.6) is 0 Å². The Bertz CT molecular complexity index is 373. The van der Waals surface area contributed by atoms with Gasteiger partial charge in [0, 0.05) is 11.7 Å². The van der Waals surface area contributed by atoms with Crippen molar-refractivity contribution in [2.45, 2.75) is 12.8 Å². The first-order valence-electron chi connectivity index (χ1n) is 4.25. The zero-order chi connectivity index (χ0) is 8.39. The van der Waals surface area contributed by atoms with E-state index in [-0.39, 0.29) is 0 Å². The number of benzene rings is 1. The summed E-state index contributed by atoms with van der Waals surface area (Å²) in [7, 11) is 0. The van der Waals surface area contributed by atoms with E-state index >= 15 is 0 Å². The highest BCUT2D eigenvalue weighted by Crippen LogP contribution is 2.14. The topological polar surface area (TPSA) is 15.8 Å². The maximum absolute atomic E-state index is 3.84. The van der Waals surface area contributed by atoms with Gasteiger partial charge in [-0.2, -0.15) is 0 Å². The molecule has 0 aliphatic heterocycles. The van der Waals surface area contributed by atoms with Crippen LogP contribution < -0.4 is 0 Å². The Kier molecular flexibility index (Phi) is 1.86. The molecule has 1 heteroatoms. The molecule has 0 aliphatic rings. The second-order valence-electron chi connectivity index (χ2n) is 3.00. The zero-order valence-corrected chi connectivity index (χ0v) is 7.01. The van der Waals surface area contributed by atoms with Crippen molar-refractivity contribution in [3.63, 3.8) is 0 Å². The molecule has 2 rings (SSSR count). The van der Waals surface area contributed by atoms with Crippen LogP contribution >= 0.6 is 0 Å². The standard InChI is InChI=1S/C11H12N/c1-2-3-9-4-5-11-10(8-9)6-7-12-11/h4-8,12H,1-3H2. The number of aromatic nitrogens is 1. The molecule has 0 atom stereocenters. The van der Waals surface area contributed by atoms with Crippen LogP contribution in [0.1, 0.15) is 12.0 Å². The van der Waals surface area contributed by atoms with E-state index in [9.17, 15) is 0 Å². The molecule has 12 heavy (non-hydrogen) atoms. The third-order valence-corrected chi connectivity index (χ3v) is 2.08. The van der Waals surface area contributed by atoms with Gasteiger partial charge in [0.25, 0.3) is 0 Å².